The number of hydrogen-bond donors (Lipinski definition) is 2. The first-order valence-corrected chi connectivity index (χ1v) is 7.56. The van der Waals surface area contributed by atoms with Gasteiger partial charge < -0.3 is 5.11 Å². The molecule has 2 N–H and O–H groups in total. The van der Waals surface area contributed by atoms with Crippen LogP contribution >= 0.6 is 0 Å². The van der Waals surface area contributed by atoms with E-state index in [1.54, 1.807) is 13.8 Å². The molecule has 0 radical (unpaired) electrons. The molecule has 0 aromatic heterocycles. The zero-order valence-corrected chi connectivity index (χ0v) is 13.2. The Bertz CT molecular complexity index is 698. The van der Waals surface area contributed by atoms with Gasteiger partial charge in [-0.3, -0.25) is 9.59 Å². The zero-order valence-electron chi connectivity index (χ0n) is 12.3. The summed E-state index contributed by atoms with van der Waals surface area (Å²) in [7, 11) is 0. The molecule has 1 atom stereocenters. The molecule has 1 aromatic carbocycles. The molecule has 8 heteroatoms. The van der Waals surface area contributed by atoms with Crippen LogP contribution in [-0.2, 0) is 21.0 Å². The third-order valence-corrected chi connectivity index (χ3v) is 4.51. The van der Waals surface area contributed by atoms with Crippen LogP contribution in [0.2, 0.25) is 0 Å². The zero-order chi connectivity index (χ0) is 16.0. The topological polar surface area (TPSA) is 105 Å². The van der Waals surface area contributed by atoms with Crippen LogP contribution in [0.25, 0.3) is 0 Å². The third-order valence-electron chi connectivity index (χ3n) is 3.95. The lowest BCUT2D eigenvalue weighted by molar-refractivity contribution is 0.277. The van der Waals surface area contributed by atoms with Crippen molar-refractivity contribution in [3.63, 3.8) is 0 Å². The molecule has 7 nitrogen and oxygen atoms in total. The van der Waals surface area contributed by atoms with Crippen molar-refractivity contribution in [3.05, 3.63) is 26.0 Å². The second kappa shape index (κ2) is 5.03. The fraction of sp³-hybridized carbons (Fsp3) is 0.615. The summed E-state index contributed by atoms with van der Waals surface area (Å²) in [6.07, 6.45) is 1.15. The van der Waals surface area contributed by atoms with Crippen molar-refractivity contribution in [2.45, 2.75) is 46.0 Å². The van der Waals surface area contributed by atoms with Crippen molar-refractivity contribution in [3.8, 4) is 5.75 Å². The fourth-order valence-electron chi connectivity index (χ4n) is 2.32. The Labute approximate surface area is 124 Å². The summed E-state index contributed by atoms with van der Waals surface area (Å²) < 4.78 is 19.6. The first-order valence-electron chi connectivity index (χ1n) is 6.53. The molecule has 0 saturated carbocycles. The van der Waals surface area contributed by atoms with Crippen molar-refractivity contribution in [2.24, 2.45) is 9.81 Å². The fourth-order valence-corrected chi connectivity index (χ4v) is 2.95. The van der Waals surface area contributed by atoms with Crippen LogP contribution in [0.5, 0.6) is 5.75 Å². The van der Waals surface area contributed by atoms with E-state index in [2.05, 4.69) is 14.2 Å². The van der Waals surface area contributed by atoms with Crippen LogP contribution in [0.3, 0.4) is 0 Å². The summed E-state index contributed by atoms with van der Waals surface area (Å²) >= 11 is -1.71. The summed E-state index contributed by atoms with van der Waals surface area (Å²) in [4.78, 5) is 22.7. The maximum absolute atomic E-state index is 11.6. The Hall–Kier alpha value is -1.54. The highest BCUT2D eigenvalue weighted by molar-refractivity contribution is 7.79. The highest BCUT2D eigenvalue weighted by Crippen LogP contribution is 2.36. The molecular weight excluding hydrogens is 296 g/mol. The minimum absolute atomic E-state index is 0.185. The predicted octanol–water partition coefficient (Wildman–Crippen LogP) is 0.584. The molecule has 0 amide bonds. The molecule has 0 fully saturated rings. The van der Waals surface area contributed by atoms with Gasteiger partial charge in [-0.05, 0) is 18.3 Å². The van der Waals surface area contributed by atoms with E-state index >= 15 is 0 Å². The number of nitrogens with one attached hydrogen (secondary N) is 1. The highest BCUT2D eigenvalue weighted by atomic mass is 32.2. The van der Waals surface area contributed by atoms with Gasteiger partial charge in [-0.25, -0.2) is 9.69 Å². The van der Waals surface area contributed by atoms with Gasteiger partial charge in [-0.2, -0.15) is 4.28 Å². The van der Waals surface area contributed by atoms with Crippen LogP contribution in [0, 0.1) is 5.41 Å². The molecule has 1 unspecified atom stereocenters. The molecule has 2 rings (SSSR count). The first-order chi connectivity index (χ1) is 9.56. The van der Waals surface area contributed by atoms with Crippen LogP contribution in [-0.4, -0.2) is 15.2 Å². The molecule has 0 spiro atoms. The number of rotatable bonds is 5. The molecular formula is C13H18N2O5S. The number of hydrogen-bond acceptors (Lipinski definition) is 6. The van der Waals surface area contributed by atoms with Gasteiger partial charge in [-0.1, -0.05) is 27.7 Å². The van der Waals surface area contributed by atoms with Gasteiger partial charge in [-0.15, -0.1) is 4.40 Å². The molecule has 1 heterocycles. The standard InChI is InChI=1S/C13H18N2O5S/c1-12(2,7-8(16)10(18)9(7)17)5-6-13(3,4)11-14-20-21(19)15-11/h16H,5-6H2,1-4H3,(H,14,15). The average molecular weight is 314 g/mol. The van der Waals surface area contributed by atoms with E-state index in [1.807, 2.05) is 13.8 Å². The SMILES string of the molecule is CC(C)(CCC(C)(C)c1c(O)c(=O)c1=O)C1=NS(=O)ON1. The van der Waals surface area contributed by atoms with Crippen LogP contribution < -0.4 is 16.3 Å². The predicted molar refractivity (Wildman–Crippen MR) is 78.9 cm³/mol. The van der Waals surface area contributed by atoms with Gasteiger partial charge in [0.15, 0.2) is 5.75 Å². The monoisotopic (exact) mass is 314 g/mol. The average Bonchev–Trinajstić information content (AvgIpc) is 2.84. The van der Waals surface area contributed by atoms with E-state index in [0.29, 0.717) is 18.7 Å². The molecule has 1 aliphatic heterocycles. The summed E-state index contributed by atoms with van der Waals surface area (Å²) in [5.74, 6) is 0.0504. The van der Waals surface area contributed by atoms with Crippen molar-refractivity contribution >= 4 is 17.1 Å². The van der Waals surface area contributed by atoms with E-state index in [4.69, 9.17) is 0 Å². The van der Waals surface area contributed by atoms with E-state index in [-0.39, 0.29) is 5.56 Å². The Balaban J connectivity index is 2.12. The first kappa shape index (κ1) is 15.8. The molecule has 0 saturated heterocycles. The molecule has 1 aliphatic rings. The van der Waals surface area contributed by atoms with E-state index in [1.165, 1.54) is 0 Å². The third kappa shape index (κ3) is 2.77. The second-order valence-corrected chi connectivity index (χ2v) is 7.28. The summed E-state index contributed by atoms with van der Waals surface area (Å²) in [5, 5.41) is 9.57. The number of amidine groups is 1. The van der Waals surface area contributed by atoms with Crippen LogP contribution in [0.15, 0.2) is 14.0 Å². The molecule has 116 valence electrons. The van der Waals surface area contributed by atoms with Crippen molar-refractivity contribution in [1.82, 2.24) is 5.48 Å². The van der Waals surface area contributed by atoms with Crippen LogP contribution in [0.4, 0.5) is 0 Å². The van der Waals surface area contributed by atoms with E-state index in [9.17, 15) is 18.9 Å². The lowest BCUT2D eigenvalue weighted by atomic mass is 9.73. The van der Waals surface area contributed by atoms with E-state index in [0.717, 1.165) is 0 Å². The van der Waals surface area contributed by atoms with Crippen molar-refractivity contribution in [1.29, 1.82) is 0 Å². The summed E-state index contributed by atoms with van der Waals surface area (Å²) in [6.45, 7) is 7.42. The number of aromatic hydroxyl groups is 1. The second-order valence-electron chi connectivity index (χ2n) is 6.49. The summed E-state index contributed by atoms with van der Waals surface area (Å²) in [5.41, 5.74) is 0.232. The summed E-state index contributed by atoms with van der Waals surface area (Å²) in [6, 6.07) is 0. The normalized spacial score (nSPS) is 19.6. The molecule has 0 bridgehead atoms. The van der Waals surface area contributed by atoms with Crippen LogP contribution in [0.1, 0.15) is 46.1 Å². The number of hydroxylamine groups is 1. The van der Waals surface area contributed by atoms with E-state index < -0.39 is 38.7 Å². The minimum atomic E-state index is -1.71. The van der Waals surface area contributed by atoms with Crippen molar-refractivity contribution < 1.29 is 13.6 Å². The van der Waals surface area contributed by atoms with Gasteiger partial charge in [0.05, 0.1) is 5.56 Å². The molecule has 1 aromatic rings. The van der Waals surface area contributed by atoms with Gasteiger partial charge >= 0.3 is 11.3 Å². The minimum Gasteiger partial charge on any atom is -0.504 e. The Kier molecular flexibility index (Phi) is 3.79. The Morgan fingerprint density at radius 2 is 1.71 bits per heavy atom. The maximum atomic E-state index is 11.6. The van der Waals surface area contributed by atoms with Crippen molar-refractivity contribution in [2.75, 3.05) is 0 Å². The highest BCUT2D eigenvalue weighted by Gasteiger charge is 2.37. The van der Waals surface area contributed by atoms with Gasteiger partial charge in [0, 0.05) is 5.41 Å². The Morgan fingerprint density at radius 1 is 1.14 bits per heavy atom. The quantitative estimate of drug-likeness (QED) is 0.770. The lowest BCUT2D eigenvalue weighted by Crippen LogP contribution is -2.42. The van der Waals surface area contributed by atoms with Gasteiger partial charge in [0.2, 0.25) is 5.43 Å². The maximum Gasteiger partial charge on any atom is 0.309 e. The lowest BCUT2D eigenvalue weighted by Gasteiger charge is -2.31. The largest absolute Gasteiger partial charge is 0.504 e. The van der Waals surface area contributed by atoms with Gasteiger partial charge in [0.25, 0.3) is 5.43 Å². The molecule has 0 aliphatic carbocycles. The Morgan fingerprint density at radius 3 is 2.19 bits per heavy atom. The van der Waals surface area contributed by atoms with Gasteiger partial charge in [0.1, 0.15) is 5.84 Å². The number of nitrogens with zero attached hydrogens (tertiary/aromatic N) is 1. The smallest absolute Gasteiger partial charge is 0.309 e. The molecule has 21 heavy (non-hydrogen) atoms.